The van der Waals surface area contributed by atoms with Gasteiger partial charge in [0.1, 0.15) is 0 Å². The van der Waals surface area contributed by atoms with E-state index in [9.17, 15) is 13.2 Å². The number of hydrogen-bond acceptors (Lipinski definition) is 4. The van der Waals surface area contributed by atoms with Gasteiger partial charge in [-0.05, 0) is 45.4 Å². The van der Waals surface area contributed by atoms with Crippen molar-refractivity contribution in [3.63, 3.8) is 0 Å². The van der Waals surface area contributed by atoms with Crippen LogP contribution in [0.3, 0.4) is 0 Å². The van der Waals surface area contributed by atoms with Crippen molar-refractivity contribution in [2.45, 2.75) is 56.8 Å². The molecule has 0 saturated carbocycles. The summed E-state index contributed by atoms with van der Waals surface area (Å²) < 4.78 is 32.2. The fraction of sp³-hybridized carbons (Fsp3) is 0.938. The maximum absolute atomic E-state index is 12.3. The lowest BCUT2D eigenvalue weighted by molar-refractivity contribution is -0.138. The van der Waals surface area contributed by atoms with Crippen LogP contribution in [0, 0.1) is 5.92 Å². The number of carbonyl (C=O) groups is 1. The summed E-state index contributed by atoms with van der Waals surface area (Å²) in [7, 11) is 0.387. The summed E-state index contributed by atoms with van der Waals surface area (Å²) in [6.07, 6.45) is 3.79. The zero-order valence-electron chi connectivity index (χ0n) is 14.7. The number of ether oxygens (including phenoxy) is 1. The van der Waals surface area contributed by atoms with Gasteiger partial charge in [0.05, 0.1) is 10.9 Å². The number of rotatable bonds is 4. The van der Waals surface area contributed by atoms with Crippen molar-refractivity contribution in [3.8, 4) is 0 Å². The highest BCUT2D eigenvalue weighted by Crippen LogP contribution is 2.39. The van der Waals surface area contributed by atoms with E-state index in [1.165, 1.54) is 0 Å². The molecule has 0 aromatic rings. The monoisotopic (exact) mass is 346 g/mol. The van der Waals surface area contributed by atoms with Crippen LogP contribution in [0.25, 0.3) is 0 Å². The third-order valence-corrected chi connectivity index (χ3v) is 7.42. The highest BCUT2D eigenvalue weighted by molar-refractivity contribution is 7.89. The second-order valence-electron chi connectivity index (χ2n) is 7.38. The van der Waals surface area contributed by atoms with Gasteiger partial charge in [0.25, 0.3) is 0 Å². The number of nitrogens with zero attached hydrogens (tertiary/aromatic N) is 2. The molecule has 0 aromatic carbocycles. The highest BCUT2D eigenvalue weighted by Gasteiger charge is 2.43. The summed E-state index contributed by atoms with van der Waals surface area (Å²) in [5.74, 6) is 0.499. The maximum Gasteiger partial charge on any atom is 0.222 e. The molecule has 0 radical (unpaired) electrons. The van der Waals surface area contributed by atoms with E-state index in [0.717, 1.165) is 25.7 Å². The van der Waals surface area contributed by atoms with Gasteiger partial charge in [0, 0.05) is 40.2 Å². The van der Waals surface area contributed by atoms with Crippen molar-refractivity contribution in [1.82, 2.24) is 9.21 Å². The van der Waals surface area contributed by atoms with E-state index in [1.807, 2.05) is 0 Å². The number of hydrogen-bond donors (Lipinski definition) is 0. The lowest BCUT2D eigenvalue weighted by Crippen LogP contribution is -2.52. The molecular formula is C16H30N2O4S. The molecule has 0 bridgehead atoms. The van der Waals surface area contributed by atoms with Gasteiger partial charge < -0.3 is 9.64 Å². The zero-order chi connectivity index (χ0) is 17.3. The van der Waals surface area contributed by atoms with E-state index < -0.39 is 10.0 Å². The first-order chi connectivity index (χ1) is 10.7. The van der Waals surface area contributed by atoms with E-state index in [0.29, 0.717) is 32.0 Å². The number of amides is 1. The molecule has 2 aliphatic heterocycles. The van der Waals surface area contributed by atoms with Crippen molar-refractivity contribution in [2.75, 3.05) is 33.8 Å². The van der Waals surface area contributed by atoms with Crippen LogP contribution in [0.4, 0.5) is 0 Å². The average Bonchev–Trinajstić information content (AvgIpc) is 2.47. The molecule has 2 saturated heterocycles. The van der Waals surface area contributed by atoms with Gasteiger partial charge >= 0.3 is 0 Å². The van der Waals surface area contributed by atoms with Gasteiger partial charge in [0.2, 0.25) is 15.9 Å². The minimum atomic E-state index is -3.18. The Hall–Kier alpha value is -0.660. The van der Waals surface area contributed by atoms with E-state index in [-0.39, 0.29) is 16.8 Å². The molecular weight excluding hydrogens is 316 g/mol. The molecule has 1 spiro atoms. The van der Waals surface area contributed by atoms with Crippen LogP contribution < -0.4 is 0 Å². The molecule has 134 valence electrons. The SMILES string of the molecule is CC(C)S(=O)(=O)N1CCC2(CC1)CC(CC(=O)N(C)C)CCO2. The summed E-state index contributed by atoms with van der Waals surface area (Å²) in [5.41, 5.74) is -0.238. The minimum Gasteiger partial charge on any atom is -0.375 e. The molecule has 2 heterocycles. The van der Waals surface area contributed by atoms with E-state index in [2.05, 4.69) is 0 Å². The minimum absolute atomic E-state index is 0.159. The summed E-state index contributed by atoms with van der Waals surface area (Å²) >= 11 is 0. The van der Waals surface area contributed by atoms with Crippen molar-refractivity contribution in [2.24, 2.45) is 5.92 Å². The molecule has 2 fully saturated rings. The Labute approximate surface area is 140 Å². The molecule has 23 heavy (non-hydrogen) atoms. The third-order valence-electron chi connectivity index (χ3n) is 5.15. The summed E-state index contributed by atoms with van der Waals surface area (Å²) in [6, 6.07) is 0. The number of sulfonamides is 1. The highest BCUT2D eigenvalue weighted by atomic mass is 32.2. The Bertz CT molecular complexity index is 522. The lowest BCUT2D eigenvalue weighted by atomic mass is 9.78. The van der Waals surface area contributed by atoms with Crippen LogP contribution in [0.5, 0.6) is 0 Å². The van der Waals surface area contributed by atoms with Crippen molar-refractivity contribution in [1.29, 1.82) is 0 Å². The normalized spacial score (nSPS) is 25.7. The third kappa shape index (κ3) is 4.25. The molecule has 1 amide bonds. The van der Waals surface area contributed by atoms with Crippen LogP contribution >= 0.6 is 0 Å². The smallest absolute Gasteiger partial charge is 0.222 e. The van der Waals surface area contributed by atoms with Gasteiger partial charge in [-0.15, -0.1) is 0 Å². The number of carbonyl (C=O) groups excluding carboxylic acids is 1. The number of piperidine rings is 1. The molecule has 1 unspecified atom stereocenters. The van der Waals surface area contributed by atoms with E-state index in [1.54, 1.807) is 37.1 Å². The van der Waals surface area contributed by atoms with Gasteiger partial charge in [-0.1, -0.05) is 0 Å². The van der Waals surface area contributed by atoms with E-state index in [4.69, 9.17) is 4.74 Å². The fourth-order valence-corrected chi connectivity index (χ4v) is 4.82. The molecule has 2 aliphatic rings. The predicted octanol–water partition coefficient (Wildman–Crippen LogP) is 1.46. The second-order valence-corrected chi connectivity index (χ2v) is 9.86. The summed E-state index contributed by atoms with van der Waals surface area (Å²) in [6.45, 7) is 5.16. The van der Waals surface area contributed by atoms with Gasteiger partial charge in [0.15, 0.2) is 0 Å². The van der Waals surface area contributed by atoms with Crippen molar-refractivity contribution < 1.29 is 17.9 Å². The Balaban J connectivity index is 1.96. The largest absolute Gasteiger partial charge is 0.375 e. The first-order valence-electron chi connectivity index (χ1n) is 8.49. The van der Waals surface area contributed by atoms with Gasteiger partial charge in [-0.2, -0.15) is 0 Å². The Morgan fingerprint density at radius 1 is 1.30 bits per heavy atom. The first-order valence-corrected chi connectivity index (χ1v) is 10.00. The van der Waals surface area contributed by atoms with E-state index >= 15 is 0 Å². The van der Waals surface area contributed by atoms with Crippen molar-refractivity contribution >= 4 is 15.9 Å². The van der Waals surface area contributed by atoms with Crippen molar-refractivity contribution in [3.05, 3.63) is 0 Å². The maximum atomic E-state index is 12.3. The lowest BCUT2D eigenvalue weighted by Gasteiger charge is -2.46. The van der Waals surface area contributed by atoms with Crippen LogP contribution in [0.15, 0.2) is 0 Å². The molecule has 0 aromatic heterocycles. The molecule has 1 atom stereocenters. The fourth-order valence-electron chi connectivity index (χ4n) is 3.53. The quantitative estimate of drug-likeness (QED) is 0.773. The second kappa shape index (κ2) is 7.07. The predicted molar refractivity (Wildman–Crippen MR) is 89.6 cm³/mol. The van der Waals surface area contributed by atoms with Gasteiger partial charge in [-0.3, -0.25) is 4.79 Å². The van der Waals surface area contributed by atoms with Gasteiger partial charge in [-0.25, -0.2) is 12.7 Å². The molecule has 2 rings (SSSR count). The Morgan fingerprint density at radius 3 is 2.43 bits per heavy atom. The Morgan fingerprint density at radius 2 is 1.91 bits per heavy atom. The summed E-state index contributed by atoms with van der Waals surface area (Å²) in [4.78, 5) is 13.6. The standard InChI is InChI=1S/C16H30N2O4S/c1-13(2)23(20,21)18-8-6-16(7-9-18)12-14(5-10-22-16)11-15(19)17(3)4/h13-14H,5-12H2,1-4H3. The topological polar surface area (TPSA) is 66.9 Å². The Kier molecular flexibility index (Phi) is 5.74. The average molecular weight is 346 g/mol. The van der Waals surface area contributed by atoms with Crippen LogP contribution in [-0.4, -0.2) is 68.2 Å². The molecule has 0 N–H and O–H groups in total. The zero-order valence-corrected chi connectivity index (χ0v) is 15.6. The van der Waals surface area contributed by atoms with Crippen LogP contribution in [0.2, 0.25) is 0 Å². The molecule has 0 aliphatic carbocycles. The molecule has 7 heteroatoms. The van der Waals surface area contributed by atoms with Crippen LogP contribution in [-0.2, 0) is 19.6 Å². The summed E-state index contributed by atoms with van der Waals surface area (Å²) in [5, 5.41) is -0.380. The van der Waals surface area contributed by atoms with Crippen LogP contribution in [0.1, 0.15) is 46.0 Å². The first kappa shape index (κ1) is 18.7. The molecule has 6 nitrogen and oxygen atoms in total.